The molecule has 31 heavy (non-hydrogen) atoms. The van der Waals surface area contributed by atoms with Crippen molar-refractivity contribution in [2.45, 2.75) is 0 Å². The maximum atomic E-state index is 12.6. The van der Waals surface area contributed by atoms with Crippen LogP contribution in [0.1, 0.15) is 10.4 Å². The zero-order valence-electron chi connectivity index (χ0n) is 16.3. The molecule has 2 aromatic carbocycles. The summed E-state index contributed by atoms with van der Waals surface area (Å²) in [5.74, 6) is 1.72. The minimum Gasteiger partial charge on any atom is -0.456 e. The average molecular weight is 407 g/mol. The Balaban J connectivity index is 1.26. The summed E-state index contributed by atoms with van der Waals surface area (Å²) in [5, 5.41) is 2.90. The first-order valence-electron chi connectivity index (χ1n) is 9.64. The third-order valence-corrected chi connectivity index (χ3v) is 4.66. The summed E-state index contributed by atoms with van der Waals surface area (Å²) in [4.78, 5) is 25.3. The standard InChI is InChI=1S/C24H17N5O2/c30-23(18-6-10-20(11-7-18)31-21-3-1-12-25-15-21)27-19-8-4-17(5-9-19)22-16-29-14-2-13-26-24(29)28-22/h1-16H,(H,27,30). The van der Waals surface area contributed by atoms with E-state index in [0.717, 1.165) is 11.3 Å². The van der Waals surface area contributed by atoms with E-state index < -0.39 is 0 Å². The molecule has 3 heterocycles. The number of amides is 1. The Kier molecular flexibility index (Phi) is 4.82. The largest absolute Gasteiger partial charge is 0.456 e. The van der Waals surface area contributed by atoms with Gasteiger partial charge in [-0.3, -0.25) is 14.2 Å². The lowest BCUT2D eigenvalue weighted by Gasteiger charge is -2.08. The first kappa shape index (κ1) is 18.5. The van der Waals surface area contributed by atoms with Crippen LogP contribution in [0, 0.1) is 0 Å². The molecule has 5 rings (SSSR count). The van der Waals surface area contributed by atoms with Crippen molar-refractivity contribution in [2.75, 3.05) is 5.32 Å². The van der Waals surface area contributed by atoms with Crippen molar-refractivity contribution in [2.24, 2.45) is 0 Å². The number of fused-ring (bicyclic) bond motifs is 1. The van der Waals surface area contributed by atoms with Gasteiger partial charge >= 0.3 is 0 Å². The molecule has 1 N–H and O–H groups in total. The number of carbonyl (C=O) groups is 1. The Bertz CT molecular complexity index is 1300. The first-order chi connectivity index (χ1) is 15.2. The Morgan fingerprint density at radius 2 is 1.74 bits per heavy atom. The highest BCUT2D eigenvalue weighted by Crippen LogP contribution is 2.23. The van der Waals surface area contributed by atoms with Crippen molar-refractivity contribution in [3.8, 4) is 22.8 Å². The molecule has 0 unspecified atom stereocenters. The third kappa shape index (κ3) is 4.11. The fourth-order valence-corrected chi connectivity index (χ4v) is 3.11. The number of rotatable bonds is 5. The van der Waals surface area contributed by atoms with Crippen LogP contribution in [0.2, 0.25) is 0 Å². The summed E-state index contributed by atoms with van der Waals surface area (Å²) in [6, 6.07) is 20.0. The SMILES string of the molecule is O=C(Nc1ccc(-c2cn3cccnc3n2)cc1)c1ccc(Oc2cccnc2)cc1. The van der Waals surface area contributed by atoms with Gasteiger partial charge in [0, 0.05) is 41.6 Å². The molecule has 1 amide bonds. The predicted molar refractivity (Wildman–Crippen MR) is 117 cm³/mol. The molecule has 0 fully saturated rings. The van der Waals surface area contributed by atoms with Gasteiger partial charge in [-0.1, -0.05) is 12.1 Å². The summed E-state index contributed by atoms with van der Waals surface area (Å²) >= 11 is 0. The molecule has 3 aromatic heterocycles. The number of ether oxygens (including phenoxy) is 1. The second-order valence-corrected chi connectivity index (χ2v) is 6.80. The minimum atomic E-state index is -0.197. The second-order valence-electron chi connectivity index (χ2n) is 6.80. The van der Waals surface area contributed by atoms with Crippen molar-refractivity contribution >= 4 is 17.4 Å². The molecule has 7 heteroatoms. The maximum absolute atomic E-state index is 12.6. The van der Waals surface area contributed by atoms with E-state index in [-0.39, 0.29) is 5.91 Å². The number of nitrogens with zero attached hydrogens (tertiary/aromatic N) is 4. The molecule has 0 atom stereocenters. The number of pyridine rings is 1. The quantitative estimate of drug-likeness (QED) is 0.451. The van der Waals surface area contributed by atoms with Crippen LogP contribution in [0.15, 0.2) is 97.7 Å². The van der Waals surface area contributed by atoms with E-state index in [1.807, 2.05) is 53.2 Å². The van der Waals surface area contributed by atoms with E-state index in [4.69, 9.17) is 4.74 Å². The van der Waals surface area contributed by atoms with Gasteiger partial charge in [-0.15, -0.1) is 0 Å². The van der Waals surface area contributed by atoms with Gasteiger partial charge in [-0.25, -0.2) is 9.97 Å². The zero-order valence-corrected chi connectivity index (χ0v) is 16.3. The van der Waals surface area contributed by atoms with Gasteiger partial charge in [0.25, 0.3) is 5.91 Å². The average Bonchev–Trinajstić information content (AvgIpc) is 3.25. The van der Waals surface area contributed by atoms with Crippen LogP contribution in [0.5, 0.6) is 11.5 Å². The lowest BCUT2D eigenvalue weighted by Crippen LogP contribution is -2.11. The van der Waals surface area contributed by atoms with Crippen LogP contribution in [0.3, 0.4) is 0 Å². The highest BCUT2D eigenvalue weighted by molar-refractivity contribution is 6.04. The molecule has 0 saturated carbocycles. The summed E-state index contributed by atoms with van der Waals surface area (Å²) in [7, 11) is 0. The number of aromatic nitrogens is 4. The first-order valence-corrected chi connectivity index (χ1v) is 9.64. The molecule has 0 aliphatic carbocycles. The Morgan fingerprint density at radius 3 is 2.48 bits per heavy atom. The van der Waals surface area contributed by atoms with Crippen LogP contribution in [-0.2, 0) is 0 Å². The van der Waals surface area contributed by atoms with Crippen molar-refractivity contribution in [1.29, 1.82) is 0 Å². The molecule has 7 nitrogen and oxygen atoms in total. The van der Waals surface area contributed by atoms with Crippen LogP contribution >= 0.6 is 0 Å². The Hall–Kier alpha value is -4.52. The number of nitrogens with one attached hydrogen (secondary N) is 1. The molecule has 0 radical (unpaired) electrons. The molecule has 5 aromatic rings. The van der Waals surface area contributed by atoms with Crippen molar-refractivity contribution in [1.82, 2.24) is 19.4 Å². The third-order valence-electron chi connectivity index (χ3n) is 4.66. The lowest BCUT2D eigenvalue weighted by molar-refractivity contribution is 0.102. The molecule has 0 saturated heterocycles. The van der Waals surface area contributed by atoms with Gasteiger partial charge in [0.1, 0.15) is 11.5 Å². The molecule has 0 bridgehead atoms. The normalized spacial score (nSPS) is 10.7. The summed E-state index contributed by atoms with van der Waals surface area (Å²) in [5.41, 5.74) is 3.00. The van der Waals surface area contributed by atoms with E-state index >= 15 is 0 Å². The van der Waals surface area contributed by atoms with Crippen LogP contribution in [-0.4, -0.2) is 25.3 Å². The monoisotopic (exact) mass is 407 g/mol. The van der Waals surface area contributed by atoms with E-state index in [2.05, 4.69) is 20.3 Å². The molecule has 0 aliphatic rings. The van der Waals surface area contributed by atoms with Crippen LogP contribution < -0.4 is 10.1 Å². The van der Waals surface area contributed by atoms with Gasteiger partial charge in [0.05, 0.1) is 11.9 Å². The predicted octanol–water partition coefficient (Wildman–Crippen LogP) is 4.84. The van der Waals surface area contributed by atoms with Crippen molar-refractivity contribution in [3.05, 3.63) is 103 Å². The van der Waals surface area contributed by atoms with Crippen LogP contribution in [0.25, 0.3) is 17.0 Å². The summed E-state index contributed by atoms with van der Waals surface area (Å²) < 4.78 is 7.57. The molecular weight excluding hydrogens is 390 g/mol. The number of hydrogen-bond acceptors (Lipinski definition) is 5. The van der Waals surface area contributed by atoms with Gasteiger partial charge in [-0.2, -0.15) is 0 Å². The van der Waals surface area contributed by atoms with Crippen molar-refractivity contribution in [3.63, 3.8) is 0 Å². The smallest absolute Gasteiger partial charge is 0.255 e. The number of benzene rings is 2. The van der Waals surface area contributed by atoms with Gasteiger partial charge < -0.3 is 10.1 Å². The fraction of sp³-hybridized carbons (Fsp3) is 0. The highest BCUT2D eigenvalue weighted by Gasteiger charge is 2.09. The number of imidazole rings is 1. The van der Waals surface area contributed by atoms with E-state index in [0.29, 0.717) is 28.5 Å². The van der Waals surface area contributed by atoms with Crippen LogP contribution in [0.4, 0.5) is 5.69 Å². The highest BCUT2D eigenvalue weighted by atomic mass is 16.5. The Morgan fingerprint density at radius 1 is 0.903 bits per heavy atom. The van der Waals surface area contributed by atoms with Crippen molar-refractivity contribution < 1.29 is 9.53 Å². The Labute approximate surface area is 178 Å². The maximum Gasteiger partial charge on any atom is 0.255 e. The fourth-order valence-electron chi connectivity index (χ4n) is 3.11. The molecule has 0 aliphatic heterocycles. The lowest BCUT2D eigenvalue weighted by atomic mass is 10.1. The van der Waals surface area contributed by atoms with E-state index in [1.54, 1.807) is 48.9 Å². The van der Waals surface area contributed by atoms with E-state index in [9.17, 15) is 4.79 Å². The number of hydrogen-bond donors (Lipinski definition) is 1. The summed E-state index contributed by atoms with van der Waals surface area (Å²) in [6.07, 6.45) is 8.85. The zero-order chi connectivity index (χ0) is 21.0. The minimum absolute atomic E-state index is 0.197. The molecule has 0 spiro atoms. The van der Waals surface area contributed by atoms with Gasteiger partial charge in [-0.05, 0) is 54.6 Å². The van der Waals surface area contributed by atoms with Gasteiger partial charge in [0.2, 0.25) is 5.78 Å². The number of anilines is 1. The number of carbonyl (C=O) groups excluding carboxylic acids is 1. The van der Waals surface area contributed by atoms with Gasteiger partial charge in [0.15, 0.2) is 0 Å². The molecular formula is C24H17N5O2. The topological polar surface area (TPSA) is 81.4 Å². The second kappa shape index (κ2) is 8.08. The molecule has 150 valence electrons. The van der Waals surface area contributed by atoms with E-state index in [1.165, 1.54) is 0 Å². The summed E-state index contributed by atoms with van der Waals surface area (Å²) in [6.45, 7) is 0.